The van der Waals surface area contributed by atoms with Crippen molar-refractivity contribution in [3.8, 4) is 0 Å². The minimum absolute atomic E-state index is 0.146. The first-order valence-electron chi connectivity index (χ1n) is 7.86. The van der Waals surface area contributed by atoms with Crippen molar-refractivity contribution in [2.24, 2.45) is 4.99 Å². The van der Waals surface area contributed by atoms with E-state index in [1.165, 1.54) is 0 Å². The highest BCUT2D eigenvalue weighted by molar-refractivity contribution is 6.16. The number of aliphatic imine (C=N–C) groups is 1. The number of halogens is 1. The van der Waals surface area contributed by atoms with Crippen LogP contribution in [0.5, 0.6) is 0 Å². The largest absolute Gasteiger partial charge is 0.341 e. The molecule has 1 atom stereocenters. The van der Waals surface area contributed by atoms with Gasteiger partial charge in [-0.1, -0.05) is 6.58 Å². The van der Waals surface area contributed by atoms with Gasteiger partial charge in [0.25, 0.3) is 0 Å². The van der Waals surface area contributed by atoms with Gasteiger partial charge in [0.15, 0.2) is 5.82 Å². The Kier molecular flexibility index (Phi) is 3.14. The molecule has 1 unspecified atom stereocenters. The van der Waals surface area contributed by atoms with Gasteiger partial charge in [-0.15, -0.1) is 0 Å². The molecule has 0 spiro atoms. The Labute approximate surface area is 139 Å². The summed E-state index contributed by atoms with van der Waals surface area (Å²) >= 11 is 0. The van der Waals surface area contributed by atoms with Crippen molar-refractivity contribution in [1.82, 2.24) is 14.8 Å². The second kappa shape index (κ2) is 5.01. The molecule has 0 aromatic carbocycles. The predicted octanol–water partition coefficient (Wildman–Crippen LogP) is 0.765. The zero-order valence-electron chi connectivity index (χ0n) is 13.9. The number of amidine groups is 1. The number of nitrogens with one attached hydrogen (secondary N) is 1. The molecule has 0 bridgehead atoms. The van der Waals surface area contributed by atoms with E-state index < -0.39 is 5.82 Å². The highest BCUT2D eigenvalue weighted by Gasteiger charge is 2.42. The summed E-state index contributed by atoms with van der Waals surface area (Å²) in [5.41, 5.74) is 1.14. The van der Waals surface area contributed by atoms with E-state index >= 15 is 0 Å². The zero-order valence-corrected chi connectivity index (χ0v) is 13.9. The van der Waals surface area contributed by atoms with Gasteiger partial charge in [0.1, 0.15) is 23.5 Å². The van der Waals surface area contributed by atoms with Crippen LogP contribution in [-0.4, -0.2) is 66.3 Å². The van der Waals surface area contributed by atoms with Crippen LogP contribution in [0.1, 0.15) is 11.3 Å². The molecule has 1 fully saturated rings. The average Bonchev–Trinajstić information content (AvgIpc) is 2.64. The fourth-order valence-corrected chi connectivity index (χ4v) is 3.47. The molecular weight excluding hydrogens is 311 g/mol. The molecule has 4 heterocycles. The molecule has 3 aliphatic rings. The number of fused-ring (bicyclic) bond motifs is 2. The van der Waals surface area contributed by atoms with Gasteiger partial charge in [0.05, 0.1) is 16.9 Å². The van der Waals surface area contributed by atoms with Crippen LogP contribution >= 0.6 is 0 Å². The van der Waals surface area contributed by atoms with Crippen molar-refractivity contribution in [3.63, 3.8) is 0 Å². The molecule has 0 radical (unpaired) electrons. The van der Waals surface area contributed by atoms with Crippen molar-refractivity contribution in [2.75, 3.05) is 43.9 Å². The third kappa shape index (κ3) is 1.96. The molecule has 7 nitrogen and oxygen atoms in total. The van der Waals surface area contributed by atoms with Gasteiger partial charge in [0, 0.05) is 26.7 Å². The lowest BCUT2D eigenvalue weighted by atomic mass is 10.1. The van der Waals surface area contributed by atoms with Crippen LogP contribution in [0.4, 0.5) is 15.9 Å². The summed E-state index contributed by atoms with van der Waals surface area (Å²) < 4.78 is 14.8. The normalized spacial score (nSPS) is 23.3. The number of amides is 1. The minimum Gasteiger partial charge on any atom is -0.341 e. The molecule has 1 amide bonds. The molecule has 1 aromatic rings. The number of rotatable bonds is 0. The number of hydrogen-bond acceptors (Lipinski definition) is 6. The van der Waals surface area contributed by atoms with Crippen LogP contribution in [0.2, 0.25) is 0 Å². The zero-order chi connectivity index (χ0) is 17.2. The van der Waals surface area contributed by atoms with E-state index in [1.54, 1.807) is 18.9 Å². The summed E-state index contributed by atoms with van der Waals surface area (Å²) in [6.07, 6.45) is 0. The van der Waals surface area contributed by atoms with E-state index in [0.29, 0.717) is 41.8 Å². The molecule has 0 aliphatic carbocycles. The number of likely N-dealkylation sites (N-methyl/N-ethyl adjacent to an activating group) is 1. The van der Waals surface area contributed by atoms with Crippen LogP contribution in [0.3, 0.4) is 0 Å². The van der Waals surface area contributed by atoms with Crippen LogP contribution in [0.15, 0.2) is 17.4 Å². The number of hydrogen-bond donors (Lipinski definition) is 1. The number of pyridine rings is 1. The van der Waals surface area contributed by atoms with Crippen LogP contribution in [0, 0.1) is 12.7 Å². The summed E-state index contributed by atoms with van der Waals surface area (Å²) in [4.78, 5) is 27.2. The van der Waals surface area contributed by atoms with Gasteiger partial charge in [-0.05, 0) is 14.0 Å². The highest BCUT2D eigenvalue weighted by atomic mass is 19.1. The minimum atomic E-state index is -0.411. The SMILES string of the molecule is C=C1N=C2c3c(nc(C)c(F)c3N1C)NC(=O)C1CN(C)CCN21. The quantitative estimate of drug-likeness (QED) is 0.761. The smallest absolute Gasteiger partial charge is 0.249 e. The van der Waals surface area contributed by atoms with E-state index in [2.05, 4.69) is 26.8 Å². The Bertz CT molecular complexity index is 804. The standard InChI is InChI=1S/C16H19FN6O/c1-8-12(17)13-11-14(18-8)20-16(24)10-7-21(3)5-6-23(10)15(11)19-9(2)22(13)4/h10H,2,5-7H2,1,3-4H3,(H,18,20,24). The first-order valence-corrected chi connectivity index (χ1v) is 7.86. The van der Waals surface area contributed by atoms with Gasteiger partial charge >= 0.3 is 0 Å². The number of aromatic nitrogens is 1. The van der Waals surface area contributed by atoms with Crippen molar-refractivity contribution >= 4 is 23.2 Å². The van der Waals surface area contributed by atoms with E-state index in [4.69, 9.17) is 0 Å². The van der Waals surface area contributed by atoms with Crippen molar-refractivity contribution < 1.29 is 9.18 Å². The summed E-state index contributed by atoms with van der Waals surface area (Å²) in [5, 5.41) is 2.86. The summed E-state index contributed by atoms with van der Waals surface area (Å²) in [5.74, 6) is 0.828. The first-order chi connectivity index (χ1) is 11.4. The van der Waals surface area contributed by atoms with Crippen molar-refractivity contribution in [1.29, 1.82) is 0 Å². The molecule has 126 valence electrons. The van der Waals surface area contributed by atoms with Gasteiger partial charge in [-0.25, -0.2) is 14.4 Å². The molecule has 0 saturated carbocycles. The second-order valence-corrected chi connectivity index (χ2v) is 6.45. The van der Waals surface area contributed by atoms with E-state index in [1.807, 2.05) is 11.9 Å². The van der Waals surface area contributed by atoms with Gasteiger partial charge < -0.3 is 20.0 Å². The third-order valence-corrected chi connectivity index (χ3v) is 4.86. The number of carbonyl (C=O) groups excluding carboxylic acids is 1. The fourth-order valence-electron chi connectivity index (χ4n) is 3.47. The average molecular weight is 330 g/mol. The number of carbonyl (C=O) groups is 1. The Hall–Kier alpha value is -2.48. The molecule has 3 aliphatic heterocycles. The lowest BCUT2D eigenvalue weighted by molar-refractivity contribution is -0.121. The first kappa shape index (κ1) is 15.1. The summed E-state index contributed by atoms with van der Waals surface area (Å²) in [6.45, 7) is 7.54. The van der Waals surface area contributed by atoms with E-state index in [-0.39, 0.29) is 17.6 Å². The van der Waals surface area contributed by atoms with E-state index in [0.717, 1.165) is 6.54 Å². The monoisotopic (exact) mass is 330 g/mol. The Morgan fingerprint density at radius 1 is 1.33 bits per heavy atom. The Morgan fingerprint density at radius 3 is 2.83 bits per heavy atom. The van der Waals surface area contributed by atoms with Gasteiger partial charge in [-0.2, -0.15) is 0 Å². The highest BCUT2D eigenvalue weighted by Crippen LogP contribution is 2.39. The summed E-state index contributed by atoms with van der Waals surface area (Å²) in [7, 11) is 3.69. The number of piperazine rings is 1. The Morgan fingerprint density at radius 2 is 2.08 bits per heavy atom. The van der Waals surface area contributed by atoms with E-state index in [9.17, 15) is 9.18 Å². The lowest BCUT2D eigenvalue weighted by Gasteiger charge is -2.41. The van der Waals surface area contributed by atoms with Gasteiger partial charge in [-0.3, -0.25) is 4.79 Å². The molecule has 8 heteroatoms. The molecule has 24 heavy (non-hydrogen) atoms. The third-order valence-electron chi connectivity index (χ3n) is 4.86. The molecule has 1 saturated heterocycles. The summed E-state index contributed by atoms with van der Waals surface area (Å²) in [6, 6.07) is -0.385. The van der Waals surface area contributed by atoms with Gasteiger partial charge in [0.2, 0.25) is 5.91 Å². The number of aryl methyl sites for hydroxylation is 1. The maximum Gasteiger partial charge on any atom is 0.249 e. The molecule has 1 N–H and O–H groups in total. The maximum absolute atomic E-state index is 14.8. The Balaban J connectivity index is 1.98. The lowest BCUT2D eigenvalue weighted by Crippen LogP contribution is -2.58. The maximum atomic E-state index is 14.8. The second-order valence-electron chi connectivity index (χ2n) is 6.45. The van der Waals surface area contributed by atoms with Crippen LogP contribution < -0.4 is 10.2 Å². The predicted molar refractivity (Wildman–Crippen MR) is 89.6 cm³/mol. The molecule has 4 rings (SSSR count). The topological polar surface area (TPSA) is 64.1 Å². The number of nitrogens with zero attached hydrogens (tertiary/aromatic N) is 5. The van der Waals surface area contributed by atoms with Crippen LogP contribution in [-0.2, 0) is 4.79 Å². The van der Waals surface area contributed by atoms with Crippen LogP contribution in [0.25, 0.3) is 0 Å². The molecule has 1 aromatic heterocycles. The van der Waals surface area contributed by atoms with Crippen molar-refractivity contribution in [2.45, 2.75) is 13.0 Å². The fraction of sp³-hybridized carbons (Fsp3) is 0.438. The number of anilines is 2. The molecular formula is C16H19FN6O. The van der Waals surface area contributed by atoms with Crippen molar-refractivity contribution in [3.05, 3.63) is 29.5 Å².